The Labute approximate surface area is 155 Å². The lowest BCUT2D eigenvalue weighted by Crippen LogP contribution is -2.45. The van der Waals surface area contributed by atoms with E-state index in [-0.39, 0.29) is 18.4 Å². The summed E-state index contributed by atoms with van der Waals surface area (Å²) >= 11 is 1.45. The van der Waals surface area contributed by atoms with Gasteiger partial charge >= 0.3 is 5.97 Å². The molecule has 2 aromatic rings. The Morgan fingerprint density at radius 1 is 1.42 bits per heavy atom. The van der Waals surface area contributed by atoms with Crippen LogP contribution in [0, 0.1) is 18.3 Å². The van der Waals surface area contributed by atoms with Gasteiger partial charge in [-0.1, -0.05) is 0 Å². The standard InChI is InChI=1S/C19H21NO5S/c1-11-14-7-13(24-2)3-4-15(14)26-16(11)17(21)20-8-12-9-25-6-5-19(12,10-20)18(22)23/h3-4,7,12H,5-6,8-10H2,1-2H3,(H,22,23)/t12-,19+/m0/s1. The zero-order chi connectivity index (χ0) is 18.5. The maximum Gasteiger partial charge on any atom is 0.311 e. The third-order valence-corrected chi connectivity index (χ3v) is 7.02. The van der Waals surface area contributed by atoms with Crippen LogP contribution < -0.4 is 4.74 Å². The van der Waals surface area contributed by atoms with Gasteiger partial charge in [-0.15, -0.1) is 11.3 Å². The van der Waals surface area contributed by atoms with E-state index in [1.165, 1.54) is 11.3 Å². The van der Waals surface area contributed by atoms with Crippen LogP contribution in [0.5, 0.6) is 5.75 Å². The van der Waals surface area contributed by atoms with Gasteiger partial charge in [0.25, 0.3) is 5.91 Å². The molecule has 0 aliphatic carbocycles. The van der Waals surface area contributed by atoms with Crippen LogP contribution in [0.1, 0.15) is 21.7 Å². The minimum absolute atomic E-state index is 0.0855. The largest absolute Gasteiger partial charge is 0.497 e. The number of carboxylic acids is 1. The predicted molar refractivity (Wildman–Crippen MR) is 98.0 cm³/mol. The van der Waals surface area contributed by atoms with E-state index < -0.39 is 11.4 Å². The lowest BCUT2D eigenvalue weighted by molar-refractivity contribution is -0.157. The van der Waals surface area contributed by atoms with Crippen molar-refractivity contribution in [3.05, 3.63) is 28.6 Å². The molecule has 2 aliphatic rings. The van der Waals surface area contributed by atoms with E-state index in [1.54, 1.807) is 12.0 Å². The molecule has 0 spiro atoms. The highest BCUT2D eigenvalue weighted by molar-refractivity contribution is 7.21. The fourth-order valence-electron chi connectivity index (χ4n) is 4.13. The summed E-state index contributed by atoms with van der Waals surface area (Å²) in [5, 5.41) is 10.8. The van der Waals surface area contributed by atoms with Gasteiger partial charge in [0.2, 0.25) is 0 Å². The molecule has 4 rings (SSSR count). The average Bonchev–Trinajstić information content (AvgIpc) is 3.20. The Balaban J connectivity index is 1.67. The summed E-state index contributed by atoms with van der Waals surface area (Å²) in [6.45, 7) is 3.46. The molecule has 1 aromatic heterocycles. The smallest absolute Gasteiger partial charge is 0.311 e. The number of benzene rings is 1. The quantitative estimate of drug-likeness (QED) is 0.893. The van der Waals surface area contributed by atoms with E-state index in [0.717, 1.165) is 21.4 Å². The number of likely N-dealkylation sites (tertiary alicyclic amines) is 1. The molecule has 2 atom stereocenters. The van der Waals surface area contributed by atoms with Gasteiger partial charge in [-0.25, -0.2) is 0 Å². The zero-order valence-corrected chi connectivity index (χ0v) is 15.6. The molecule has 1 aromatic carbocycles. The molecule has 2 aliphatic heterocycles. The number of aliphatic carboxylic acids is 1. The minimum atomic E-state index is -0.873. The lowest BCUT2D eigenvalue weighted by atomic mass is 9.74. The lowest BCUT2D eigenvalue weighted by Gasteiger charge is -2.33. The molecule has 2 fully saturated rings. The number of fused-ring (bicyclic) bond motifs is 2. The van der Waals surface area contributed by atoms with Crippen LogP contribution in [0.3, 0.4) is 0 Å². The summed E-state index contributed by atoms with van der Waals surface area (Å²) in [5.74, 6) is -0.296. The summed E-state index contributed by atoms with van der Waals surface area (Å²) in [4.78, 5) is 27.5. The minimum Gasteiger partial charge on any atom is -0.497 e. The molecule has 0 saturated carbocycles. The number of carboxylic acid groups (broad SMARTS) is 1. The second kappa shape index (κ2) is 6.25. The molecule has 7 heteroatoms. The van der Waals surface area contributed by atoms with Crippen LogP contribution in [0.2, 0.25) is 0 Å². The molecule has 1 N–H and O–H groups in total. The number of carbonyl (C=O) groups excluding carboxylic acids is 1. The number of carbonyl (C=O) groups is 2. The highest BCUT2D eigenvalue weighted by atomic mass is 32.1. The molecular weight excluding hydrogens is 354 g/mol. The summed E-state index contributed by atoms with van der Waals surface area (Å²) in [6.07, 6.45) is 0.458. The van der Waals surface area contributed by atoms with E-state index in [2.05, 4.69) is 0 Å². The van der Waals surface area contributed by atoms with E-state index in [4.69, 9.17) is 9.47 Å². The Morgan fingerprint density at radius 2 is 2.23 bits per heavy atom. The summed E-state index contributed by atoms with van der Waals surface area (Å²) in [6, 6.07) is 5.78. The van der Waals surface area contributed by atoms with Gasteiger partial charge in [0.15, 0.2) is 0 Å². The van der Waals surface area contributed by atoms with E-state index in [9.17, 15) is 14.7 Å². The first-order chi connectivity index (χ1) is 12.5. The van der Waals surface area contributed by atoms with Crippen molar-refractivity contribution in [2.24, 2.45) is 11.3 Å². The Hall–Kier alpha value is -2.12. The Kier molecular flexibility index (Phi) is 4.16. The molecule has 0 unspecified atom stereocenters. The van der Waals surface area contributed by atoms with E-state index in [0.29, 0.717) is 31.1 Å². The van der Waals surface area contributed by atoms with Crippen molar-refractivity contribution >= 4 is 33.3 Å². The highest BCUT2D eigenvalue weighted by Crippen LogP contribution is 2.44. The second-order valence-corrected chi connectivity index (χ2v) is 8.14. The molecule has 0 bridgehead atoms. The zero-order valence-electron chi connectivity index (χ0n) is 14.8. The average molecular weight is 375 g/mol. The van der Waals surface area contributed by atoms with Gasteiger partial charge in [-0.2, -0.15) is 0 Å². The van der Waals surface area contributed by atoms with Crippen molar-refractivity contribution in [1.82, 2.24) is 4.90 Å². The summed E-state index contributed by atoms with van der Waals surface area (Å²) in [5.41, 5.74) is 0.0474. The number of rotatable bonds is 3. The molecule has 138 valence electrons. The molecule has 3 heterocycles. The first kappa shape index (κ1) is 17.3. The number of hydrogen-bond donors (Lipinski definition) is 1. The van der Waals surface area contributed by atoms with Crippen LogP contribution in [-0.2, 0) is 9.53 Å². The SMILES string of the molecule is COc1ccc2sc(C(=O)N3C[C@H]4COCC[C@@]4(C(=O)O)C3)c(C)c2c1. The van der Waals surface area contributed by atoms with Crippen LogP contribution in [0.4, 0.5) is 0 Å². The molecule has 26 heavy (non-hydrogen) atoms. The maximum atomic E-state index is 13.2. The second-order valence-electron chi connectivity index (χ2n) is 7.09. The predicted octanol–water partition coefficient (Wildman–Crippen LogP) is 2.78. The van der Waals surface area contributed by atoms with Gasteiger partial charge in [0, 0.05) is 30.3 Å². The maximum absolute atomic E-state index is 13.2. The van der Waals surface area contributed by atoms with Gasteiger partial charge in [-0.05, 0) is 42.5 Å². The van der Waals surface area contributed by atoms with Crippen molar-refractivity contribution in [3.8, 4) is 5.75 Å². The van der Waals surface area contributed by atoms with Gasteiger partial charge in [-0.3, -0.25) is 9.59 Å². The first-order valence-electron chi connectivity index (χ1n) is 8.64. The fourth-order valence-corrected chi connectivity index (χ4v) is 5.29. The normalized spacial score (nSPS) is 25.3. The number of aryl methyl sites for hydroxylation is 1. The van der Waals surface area contributed by atoms with Crippen molar-refractivity contribution in [3.63, 3.8) is 0 Å². The van der Waals surface area contributed by atoms with Crippen molar-refractivity contribution in [2.75, 3.05) is 33.4 Å². The number of thiophene rings is 1. The monoisotopic (exact) mass is 375 g/mol. The summed E-state index contributed by atoms with van der Waals surface area (Å²) < 4.78 is 11.8. The topological polar surface area (TPSA) is 76.1 Å². The van der Waals surface area contributed by atoms with Crippen molar-refractivity contribution in [2.45, 2.75) is 13.3 Å². The number of ether oxygens (including phenoxy) is 2. The Bertz CT molecular complexity index is 891. The molecule has 6 nitrogen and oxygen atoms in total. The summed E-state index contributed by atoms with van der Waals surface area (Å²) in [7, 11) is 1.62. The van der Waals surface area contributed by atoms with E-state index in [1.807, 2.05) is 25.1 Å². The number of methoxy groups -OCH3 is 1. The van der Waals surface area contributed by atoms with Crippen molar-refractivity contribution < 1.29 is 24.2 Å². The number of nitrogens with zero attached hydrogens (tertiary/aromatic N) is 1. The molecule has 0 radical (unpaired) electrons. The third-order valence-electron chi connectivity index (χ3n) is 5.76. The molecular formula is C19H21NO5S. The number of hydrogen-bond acceptors (Lipinski definition) is 5. The van der Waals surface area contributed by atoms with Crippen LogP contribution in [-0.4, -0.2) is 55.3 Å². The van der Waals surface area contributed by atoms with Crippen LogP contribution in [0.15, 0.2) is 18.2 Å². The molecule has 2 saturated heterocycles. The van der Waals surface area contributed by atoms with Crippen LogP contribution >= 0.6 is 11.3 Å². The Morgan fingerprint density at radius 3 is 2.92 bits per heavy atom. The fraction of sp³-hybridized carbons (Fsp3) is 0.474. The van der Waals surface area contributed by atoms with E-state index >= 15 is 0 Å². The molecule has 1 amide bonds. The number of amides is 1. The third kappa shape index (κ3) is 2.49. The van der Waals surface area contributed by atoms with Crippen molar-refractivity contribution in [1.29, 1.82) is 0 Å². The first-order valence-corrected chi connectivity index (χ1v) is 9.45. The van der Waals surface area contributed by atoms with Crippen LogP contribution in [0.25, 0.3) is 10.1 Å². The van der Waals surface area contributed by atoms with Gasteiger partial charge < -0.3 is 19.5 Å². The van der Waals surface area contributed by atoms with Gasteiger partial charge in [0.1, 0.15) is 5.75 Å². The highest BCUT2D eigenvalue weighted by Gasteiger charge is 2.55. The van der Waals surface area contributed by atoms with Gasteiger partial charge in [0.05, 0.1) is 24.0 Å².